The van der Waals surface area contributed by atoms with Gasteiger partial charge in [-0.25, -0.2) is 0 Å². The molecule has 0 amide bonds. The zero-order valence-corrected chi connectivity index (χ0v) is 9.82. The number of hydrogen-bond acceptors (Lipinski definition) is 2. The number of nitrogens with zero attached hydrogens (tertiary/aromatic N) is 1. The van der Waals surface area contributed by atoms with E-state index >= 15 is 0 Å². The van der Waals surface area contributed by atoms with Crippen LogP contribution in [0.4, 0.5) is 0 Å². The minimum atomic E-state index is 0.474. The SMILES string of the molecule is CCN(CC)[C@H](CN)Cc1ccccc1. The Morgan fingerprint density at radius 2 is 1.73 bits per heavy atom. The van der Waals surface area contributed by atoms with Crippen LogP contribution in [0.25, 0.3) is 0 Å². The van der Waals surface area contributed by atoms with Crippen LogP contribution >= 0.6 is 0 Å². The van der Waals surface area contributed by atoms with Crippen molar-refractivity contribution in [3.05, 3.63) is 35.9 Å². The summed E-state index contributed by atoms with van der Waals surface area (Å²) in [5.74, 6) is 0. The summed E-state index contributed by atoms with van der Waals surface area (Å²) in [6, 6.07) is 11.1. The summed E-state index contributed by atoms with van der Waals surface area (Å²) >= 11 is 0. The maximum atomic E-state index is 5.83. The van der Waals surface area contributed by atoms with Gasteiger partial charge in [0.05, 0.1) is 0 Å². The zero-order chi connectivity index (χ0) is 11.1. The number of nitrogens with two attached hydrogens (primary N) is 1. The second-order valence-electron chi connectivity index (χ2n) is 3.80. The molecule has 0 bridgehead atoms. The van der Waals surface area contributed by atoms with Crippen LogP contribution in [0.2, 0.25) is 0 Å². The molecule has 0 aliphatic rings. The molecule has 0 spiro atoms. The highest BCUT2D eigenvalue weighted by atomic mass is 15.1. The summed E-state index contributed by atoms with van der Waals surface area (Å²) in [4.78, 5) is 2.42. The molecule has 0 fully saturated rings. The molecule has 0 aliphatic carbocycles. The van der Waals surface area contributed by atoms with E-state index in [1.807, 2.05) is 0 Å². The van der Waals surface area contributed by atoms with Gasteiger partial charge < -0.3 is 5.73 Å². The monoisotopic (exact) mass is 206 g/mol. The van der Waals surface area contributed by atoms with Crippen LogP contribution < -0.4 is 5.73 Å². The van der Waals surface area contributed by atoms with E-state index in [4.69, 9.17) is 5.73 Å². The second kappa shape index (κ2) is 6.59. The van der Waals surface area contributed by atoms with Crippen LogP contribution in [0.3, 0.4) is 0 Å². The average molecular weight is 206 g/mol. The molecule has 2 N–H and O–H groups in total. The maximum Gasteiger partial charge on any atom is 0.0258 e. The molecule has 0 radical (unpaired) electrons. The molecular formula is C13H22N2. The van der Waals surface area contributed by atoms with Crippen molar-refractivity contribution in [2.75, 3.05) is 19.6 Å². The van der Waals surface area contributed by atoms with E-state index in [2.05, 4.69) is 49.1 Å². The maximum absolute atomic E-state index is 5.83. The Balaban J connectivity index is 2.61. The second-order valence-corrected chi connectivity index (χ2v) is 3.80. The smallest absolute Gasteiger partial charge is 0.0258 e. The van der Waals surface area contributed by atoms with Gasteiger partial charge in [-0.1, -0.05) is 44.2 Å². The number of rotatable bonds is 6. The fourth-order valence-electron chi connectivity index (χ4n) is 1.99. The highest BCUT2D eigenvalue weighted by molar-refractivity contribution is 5.16. The van der Waals surface area contributed by atoms with Crippen LogP contribution in [0.15, 0.2) is 30.3 Å². The summed E-state index contributed by atoms with van der Waals surface area (Å²) in [5, 5.41) is 0. The lowest BCUT2D eigenvalue weighted by molar-refractivity contribution is 0.220. The Kier molecular flexibility index (Phi) is 5.37. The van der Waals surface area contributed by atoms with Crippen molar-refractivity contribution in [1.29, 1.82) is 0 Å². The van der Waals surface area contributed by atoms with Crippen molar-refractivity contribution in [2.45, 2.75) is 26.3 Å². The molecular weight excluding hydrogens is 184 g/mol. The van der Waals surface area contributed by atoms with E-state index < -0.39 is 0 Å². The molecule has 0 aliphatic heterocycles. The first-order valence-corrected chi connectivity index (χ1v) is 5.79. The predicted molar refractivity (Wildman–Crippen MR) is 65.9 cm³/mol. The average Bonchev–Trinajstić information content (AvgIpc) is 2.30. The highest BCUT2D eigenvalue weighted by Gasteiger charge is 2.13. The molecule has 0 heterocycles. The first-order chi connectivity index (χ1) is 7.31. The van der Waals surface area contributed by atoms with Crippen molar-refractivity contribution in [1.82, 2.24) is 4.90 Å². The molecule has 0 aromatic heterocycles. The summed E-state index contributed by atoms with van der Waals surface area (Å²) in [6.45, 7) is 7.27. The normalized spacial score (nSPS) is 13.1. The minimum Gasteiger partial charge on any atom is -0.329 e. The van der Waals surface area contributed by atoms with E-state index in [0.29, 0.717) is 6.04 Å². The predicted octanol–water partition coefficient (Wildman–Crippen LogP) is 1.90. The summed E-state index contributed by atoms with van der Waals surface area (Å²) in [6.07, 6.45) is 1.05. The quantitative estimate of drug-likeness (QED) is 0.770. The standard InChI is InChI=1S/C13H22N2/c1-3-15(4-2)13(11-14)10-12-8-6-5-7-9-12/h5-9,13H,3-4,10-11,14H2,1-2H3/t13-/m0/s1. The third-order valence-corrected chi connectivity index (χ3v) is 2.91. The molecule has 0 unspecified atom stereocenters. The largest absolute Gasteiger partial charge is 0.329 e. The zero-order valence-electron chi connectivity index (χ0n) is 9.82. The lowest BCUT2D eigenvalue weighted by Crippen LogP contribution is -2.41. The fourth-order valence-corrected chi connectivity index (χ4v) is 1.99. The van der Waals surface area contributed by atoms with Gasteiger partial charge in [0.2, 0.25) is 0 Å². The molecule has 1 rings (SSSR count). The third kappa shape index (κ3) is 3.65. The topological polar surface area (TPSA) is 29.3 Å². The number of benzene rings is 1. The van der Waals surface area contributed by atoms with Gasteiger partial charge in [0.25, 0.3) is 0 Å². The Morgan fingerprint density at radius 3 is 2.20 bits per heavy atom. The Hall–Kier alpha value is -0.860. The molecule has 84 valence electrons. The van der Waals surface area contributed by atoms with Crippen molar-refractivity contribution < 1.29 is 0 Å². The van der Waals surface area contributed by atoms with E-state index in [-0.39, 0.29) is 0 Å². The Labute approximate surface area is 93.1 Å². The summed E-state index contributed by atoms with van der Waals surface area (Å²) in [5.41, 5.74) is 7.21. The van der Waals surface area contributed by atoms with Crippen molar-refractivity contribution in [3.8, 4) is 0 Å². The first-order valence-electron chi connectivity index (χ1n) is 5.79. The molecule has 2 heteroatoms. The van der Waals surface area contributed by atoms with Crippen LogP contribution in [-0.4, -0.2) is 30.6 Å². The van der Waals surface area contributed by atoms with Gasteiger partial charge in [-0.05, 0) is 25.1 Å². The first kappa shape index (κ1) is 12.2. The van der Waals surface area contributed by atoms with Gasteiger partial charge in [0.1, 0.15) is 0 Å². The molecule has 15 heavy (non-hydrogen) atoms. The van der Waals surface area contributed by atoms with Gasteiger partial charge >= 0.3 is 0 Å². The molecule has 0 saturated carbocycles. The third-order valence-electron chi connectivity index (χ3n) is 2.91. The van der Waals surface area contributed by atoms with Crippen molar-refractivity contribution >= 4 is 0 Å². The van der Waals surface area contributed by atoms with Crippen LogP contribution in [-0.2, 0) is 6.42 Å². The molecule has 2 nitrogen and oxygen atoms in total. The molecule has 1 aromatic rings. The number of hydrogen-bond donors (Lipinski definition) is 1. The van der Waals surface area contributed by atoms with Gasteiger partial charge in [0.15, 0.2) is 0 Å². The minimum absolute atomic E-state index is 0.474. The lowest BCUT2D eigenvalue weighted by Gasteiger charge is -2.28. The molecule has 0 saturated heterocycles. The van der Waals surface area contributed by atoms with Gasteiger partial charge in [-0.3, -0.25) is 4.90 Å². The van der Waals surface area contributed by atoms with E-state index in [1.54, 1.807) is 0 Å². The lowest BCUT2D eigenvalue weighted by atomic mass is 10.0. The van der Waals surface area contributed by atoms with Gasteiger partial charge in [0, 0.05) is 12.6 Å². The van der Waals surface area contributed by atoms with Crippen molar-refractivity contribution in [3.63, 3.8) is 0 Å². The fraction of sp³-hybridized carbons (Fsp3) is 0.538. The van der Waals surface area contributed by atoms with E-state index in [0.717, 1.165) is 26.1 Å². The Bertz CT molecular complexity index is 254. The molecule has 1 atom stereocenters. The van der Waals surface area contributed by atoms with Gasteiger partial charge in [-0.15, -0.1) is 0 Å². The van der Waals surface area contributed by atoms with Crippen LogP contribution in [0, 0.1) is 0 Å². The summed E-state index contributed by atoms with van der Waals surface area (Å²) < 4.78 is 0. The van der Waals surface area contributed by atoms with E-state index in [9.17, 15) is 0 Å². The van der Waals surface area contributed by atoms with Crippen molar-refractivity contribution in [2.24, 2.45) is 5.73 Å². The van der Waals surface area contributed by atoms with E-state index in [1.165, 1.54) is 5.56 Å². The van der Waals surface area contributed by atoms with Crippen LogP contribution in [0.5, 0.6) is 0 Å². The molecule has 1 aromatic carbocycles. The van der Waals surface area contributed by atoms with Gasteiger partial charge in [-0.2, -0.15) is 0 Å². The van der Waals surface area contributed by atoms with Crippen LogP contribution in [0.1, 0.15) is 19.4 Å². The summed E-state index contributed by atoms with van der Waals surface area (Å²) in [7, 11) is 0. The highest BCUT2D eigenvalue weighted by Crippen LogP contribution is 2.07. The number of likely N-dealkylation sites (N-methyl/N-ethyl adjacent to an activating group) is 1. The Morgan fingerprint density at radius 1 is 1.13 bits per heavy atom.